The molecule has 2 aromatic rings. The van der Waals surface area contributed by atoms with Gasteiger partial charge in [-0.15, -0.1) is 0 Å². The largest absolute Gasteiger partial charge is 0.373 e. The SMILES string of the molecule is CCCc1nc(NC)c(C)c(-c2ccc(F)c(F)c2)n1. The number of anilines is 1. The second kappa shape index (κ2) is 5.94. The van der Waals surface area contributed by atoms with Gasteiger partial charge in [0.2, 0.25) is 0 Å². The van der Waals surface area contributed by atoms with Gasteiger partial charge in [-0.05, 0) is 31.5 Å². The molecule has 5 heteroatoms. The van der Waals surface area contributed by atoms with Crippen molar-refractivity contribution >= 4 is 5.82 Å². The van der Waals surface area contributed by atoms with Crippen LogP contribution in [0.1, 0.15) is 24.7 Å². The summed E-state index contributed by atoms with van der Waals surface area (Å²) in [6.45, 7) is 3.90. The molecule has 1 aromatic heterocycles. The number of hydrogen-bond acceptors (Lipinski definition) is 3. The fourth-order valence-electron chi connectivity index (χ4n) is 2.07. The summed E-state index contributed by atoms with van der Waals surface area (Å²) >= 11 is 0. The molecule has 20 heavy (non-hydrogen) atoms. The van der Waals surface area contributed by atoms with Gasteiger partial charge in [0.1, 0.15) is 11.6 Å². The zero-order valence-electron chi connectivity index (χ0n) is 11.8. The van der Waals surface area contributed by atoms with Gasteiger partial charge in [-0.3, -0.25) is 0 Å². The van der Waals surface area contributed by atoms with E-state index in [0.29, 0.717) is 22.9 Å². The number of benzene rings is 1. The smallest absolute Gasteiger partial charge is 0.159 e. The van der Waals surface area contributed by atoms with Crippen LogP contribution >= 0.6 is 0 Å². The Morgan fingerprint density at radius 2 is 1.90 bits per heavy atom. The lowest BCUT2D eigenvalue weighted by atomic mass is 10.1. The quantitative estimate of drug-likeness (QED) is 0.925. The molecule has 1 N–H and O–H groups in total. The van der Waals surface area contributed by atoms with E-state index in [1.54, 1.807) is 7.05 Å². The molecule has 0 radical (unpaired) electrons. The maximum Gasteiger partial charge on any atom is 0.159 e. The van der Waals surface area contributed by atoms with Crippen molar-refractivity contribution in [3.05, 3.63) is 41.2 Å². The Kier molecular flexibility index (Phi) is 4.27. The highest BCUT2D eigenvalue weighted by atomic mass is 19.2. The number of nitrogens with zero attached hydrogens (tertiary/aromatic N) is 2. The Hall–Kier alpha value is -2.04. The molecule has 2 rings (SSSR count). The molecule has 0 aliphatic rings. The zero-order chi connectivity index (χ0) is 14.7. The second-order valence-electron chi connectivity index (χ2n) is 4.59. The number of hydrogen-bond donors (Lipinski definition) is 1. The maximum atomic E-state index is 13.4. The van der Waals surface area contributed by atoms with Crippen LogP contribution in [0.4, 0.5) is 14.6 Å². The predicted octanol–water partition coefficient (Wildman–Crippen LogP) is 3.72. The minimum atomic E-state index is -0.872. The van der Waals surface area contributed by atoms with Crippen LogP contribution in [0.5, 0.6) is 0 Å². The van der Waals surface area contributed by atoms with Crippen molar-refractivity contribution < 1.29 is 8.78 Å². The molecule has 0 fully saturated rings. The first-order chi connectivity index (χ1) is 9.56. The number of aryl methyl sites for hydroxylation is 1. The number of aromatic nitrogens is 2. The van der Waals surface area contributed by atoms with Gasteiger partial charge >= 0.3 is 0 Å². The molecule has 0 amide bonds. The minimum absolute atomic E-state index is 0.553. The van der Waals surface area contributed by atoms with Gasteiger partial charge < -0.3 is 5.32 Å². The van der Waals surface area contributed by atoms with Crippen molar-refractivity contribution in [1.29, 1.82) is 0 Å². The van der Waals surface area contributed by atoms with E-state index in [9.17, 15) is 8.78 Å². The molecule has 0 aliphatic heterocycles. The van der Waals surface area contributed by atoms with Crippen molar-refractivity contribution in [2.75, 3.05) is 12.4 Å². The molecule has 0 atom stereocenters. The van der Waals surface area contributed by atoms with Gasteiger partial charge in [-0.1, -0.05) is 6.92 Å². The van der Waals surface area contributed by atoms with Crippen molar-refractivity contribution in [2.45, 2.75) is 26.7 Å². The summed E-state index contributed by atoms with van der Waals surface area (Å²) in [4.78, 5) is 8.89. The second-order valence-corrected chi connectivity index (χ2v) is 4.59. The van der Waals surface area contributed by atoms with Gasteiger partial charge in [0.15, 0.2) is 11.6 Å². The van der Waals surface area contributed by atoms with Gasteiger partial charge in [0.25, 0.3) is 0 Å². The summed E-state index contributed by atoms with van der Waals surface area (Å²) in [6.07, 6.45) is 1.66. The molecule has 0 saturated carbocycles. The topological polar surface area (TPSA) is 37.8 Å². The van der Waals surface area contributed by atoms with Crippen LogP contribution in [-0.4, -0.2) is 17.0 Å². The number of halogens is 2. The van der Waals surface area contributed by atoms with E-state index in [1.165, 1.54) is 12.1 Å². The Labute approximate surface area is 117 Å². The first kappa shape index (κ1) is 14.4. The lowest BCUT2D eigenvalue weighted by Gasteiger charge is -2.12. The normalized spacial score (nSPS) is 10.7. The van der Waals surface area contributed by atoms with Gasteiger partial charge in [0, 0.05) is 24.6 Å². The van der Waals surface area contributed by atoms with Crippen LogP contribution in [-0.2, 0) is 6.42 Å². The Morgan fingerprint density at radius 1 is 1.15 bits per heavy atom. The Balaban J connectivity index is 2.58. The van der Waals surface area contributed by atoms with E-state index >= 15 is 0 Å². The van der Waals surface area contributed by atoms with E-state index in [0.717, 1.165) is 24.5 Å². The summed E-state index contributed by atoms with van der Waals surface area (Å²) in [5.74, 6) is -0.322. The highest BCUT2D eigenvalue weighted by molar-refractivity contribution is 5.68. The molecule has 0 unspecified atom stereocenters. The summed E-state index contributed by atoms with van der Waals surface area (Å²) in [5.41, 5.74) is 2.00. The summed E-state index contributed by atoms with van der Waals surface area (Å²) in [7, 11) is 1.78. The highest BCUT2D eigenvalue weighted by Gasteiger charge is 2.13. The zero-order valence-corrected chi connectivity index (χ0v) is 11.8. The molecule has 106 valence electrons. The Morgan fingerprint density at radius 3 is 2.50 bits per heavy atom. The maximum absolute atomic E-state index is 13.4. The van der Waals surface area contributed by atoms with E-state index in [4.69, 9.17) is 0 Å². The third-order valence-corrected chi connectivity index (χ3v) is 3.10. The van der Waals surface area contributed by atoms with E-state index in [1.807, 2.05) is 13.8 Å². The molecular formula is C15H17F2N3. The van der Waals surface area contributed by atoms with Crippen molar-refractivity contribution in [1.82, 2.24) is 9.97 Å². The van der Waals surface area contributed by atoms with Crippen LogP contribution in [0.3, 0.4) is 0 Å². The lowest BCUT2D eigenvalue weighted by molar-refractivity contribution is 0.509. The van der Waals surface area contributed by atoms with E-state index < -0.39 is 11.6 Å². The monoisotopic (exact) mass is 277 g/mol. The fraction of sp³-hybridized carbons (Fsp3) is 0.333. The molecule has 0 spiro atoms. The summed E-state index contributed by atoms with van der Waals surface area (Å²) < 4.78 is 26.4. The summed E-state index contributed by atoms with van der Waals surface area (Å²) in [5, 5.41) is 3.01. The van der Waals surface area contributed by atoms with Gasteiger partial charge in [-0.25, -0.2) is 18.7 Å². The van der Waals surface area contributed by atoms with Crippen LogP contribution < -0.4 is 5.32 Å². The molecule has 0 bridgehead atoms. The van der Waals surface area contributed by atoms with Gasteiger partial charge in [0.05, 0.1) is 5.69 Å². The van der Waals surface area contributed by atoms with Crippen LogP contribution in [0.2, 0.25) is 0 Å². The fourth-order valence-corrected chi connectivity index (χ4v) is 2.07. The predicted molar refractivity (Wildman–Crippen MR) is 75.7 cm³/mol. The van der Waals surface area contributed by atoms with Crippen molar-refractivity contribution in [3.63, 3.8) is 0 Å². The number of rotatable bonds is 4. The van der Waals surface area contributed by atoms with Crippen LogP contribution in [0.15, 0.2) is 18.2 Å². The minimum Gasteiger partial charge on any atom is -0.373 e. The molecule has 1 aromatic carbocycles. The third-order valence-electron chi connectivity index (χ3n) is 3.10. The summed E-state index contributed by atoms with van der Waals surface area (Å²) in [6, 6.07) is 3.81. The lowest BCUT2D eigenvalue weighted by Crippen LogP contribution is -2.05. The molecule has 3 nitrogen and oxygen atoms in total. The average molecular weight is 277 g/mol. The first-order valence-corrected chi connectivity index (χ1v) is 6.57. The molecule has 0 aliphatic carbocycles. The third kappa shape index (κ3) is 2.76. The standard InChI is InChI=1S/C15H17F2N3/c1-4-5-13-19-14(9(2)15(18-3)20-13)10-6-7-11(16)12(17)8-10/h6-8H,4-5H2,1-3H3,(H,18,19,20). The van der Waals surface area contributed by atoms with Gasteiger partial charge in [-0.2, -0.15) is 0 Å². The van der Waals surface area contributed by atoms with Crippen LogP contribution in [0, 0.1) is 18.6 Å². The molecule has 0 saturated heterocycles. The first-order valence-electron chi connectivity index (χ1n) is 6.57. The molecular weight excluding hydrogens is 260 g/mol. The Bertz CT molecular complexity index is 627. The average Bonchev–Trinajstić information content (AvgIpc) is 2.44. The van der Waals surface area contributed by atoms with E-state index in [-0.39, 0.29) is 0 Å². The van der Waals surface area contributed by atoms with Crippen LogP contribution in [0.25, 0.3) is 11.3 Å². The van der Waals surface area contributed by atoms with E-state index in [2.05, 4.69) is 15.3 Å². The highest BCUT2D eigenvalue weighted by Crippen LogP contribution is 2.27. The van der Waals surface area contributed by atoms with Crippen molar-refractivity contribution in [3.8, 4) is 11.3 Å². The van der Waals surface area contributed by atoms with Crippen molar-refractivity contribution in [2.24, 2.45) is 0 Å². The number of nitrogens with one attached hydrogen (secondary N) is 1. The molecule has 1 heterocycles.